The molecule has 0 spiro atoms. The van der Waals surface area contributed by atoms with Crippen LogP contribution in [0.4, 0.5) is 0 Å². The van der Waals surface area contributed by atoms with Crippen molar-refractivity contribution in [3.05, 3.63) is 57.0 Å². The zero-order chi connectivity index (χ0) is 19.6. The number of piperidine rings is 1. The fraction of sp³-hybridized carbons (Fsp3) is 0.278. The SMILES string of the molecule is O=C(Oc1ccc(Br)cc1)C1CCN(S(=O)(=O)c2c(Cl)cccc2Cl)CC1. The second-order valence-electron chi connectivity index (χ2n) is 6.10. The Morgan fingerprint density at radius 1 is 1.04 bits per heavy atom. The van der Waals surface area contributed by atoms with Crippen LogP contribution in [0.25, 0.3) is 0 Å². The van der Waals surface area contributed by atoms with E-state index in [-0.39, 0.29) is 39.9 Å². The highest BCUT2D eigenvalue weighted by molar-refractivity contribution is 9.10. The first-order chi connectivity index (χ1) is 12.8. The van der Waals surface area contributed by atoms with Crippen molar-refractivity contribution in [2.24, 2.45) is 5.92 Å². The van der Waals surface area contributed by atoms with Gasteiger partial charge in [-0.25, -0.2) is 8.42 Å². The zero-order valence-corrected chi connectivity index (χ0v) is 18.0. The molecule has 27 heavy (non-hydrogen) atoms. The number of sulfonamides is 1. The number of carbonyl (C=O) groups is 1. The molecule has 3 rings (SSSR count). The Morgan fingerprint density at radius 3 is 2.15 bits per heavy atom. The molecule has 0 unspecified atom stereocenters. The van der Waals surface area contributed by atoms with Crippen LogP contribution < -0.4 is 4.74 Å². The number of halogens is 3. The van der Waals surface area contributed by atoms with Crippen LogP contribution in [-0.2, 0) is 14.8 Å². The summed E-state index contributed by atoms with van der Waals surface area (Å²) in [6.45, 7) is 0.397. The van der Waals surface area contributed by atoms with Crippen LogP contribution >= 0.6 is 39.1 Å². The van der Waals surface area contributed by atoms with Gasteiger partial charge in [0.25, 0.3) is 0 Å². The number of carbonyl (C=O) groups excluding carboxylic acids is 1. The minimum absolute atomic E-state index is 0.0827. The molecule has 0 saturated carbocycles. The second-order valence-corrected chi connectivity index (χ2v) is 9.71. The van der Waals surface area contributed by atoms with Crippen LogP contribution in [0.2, 0.25) is 10.0 Å². The molecule has 2 aromatic carbocycles. The lowest BCUT2D eigenvalue weighted by atomic mass is 9.98. The highest BCUT2D eigenvalue weighted by atomic mass is 79.9. The summed E-state index contributed by atoms with van der Waals surface area (Å²) in [6.07, 6.45) is 0.743. The first kappa shape index (κ1) is 20.6. The van der Waals surface area contributed by atoms with Gasteiger partial charge in [0.15, 0.2) is 0 Å². The maximum absolute atomic E-state index is 12.9. The van der Waals surface area contributed by atoms with E-state index in [1.165, 1.54) is 16.4 Å². The number of ether oxygens (including phenoxy) is 1. The summed E-state index contributed by atoms with van der Waals surface area (Å²) in [5.74, 6) is -0.256. The Labute approximate surface area is 176 Å². The van der Waals surface area contributed by atoms with E-state index in [2.05, 4.69) is 15.9 Å². The van der Waals surface area contributed by atoms with Crippen LogP contribution in [0.15, 0.2) is 51.8 Å². The van der Waals surface area contributed by atoms with E-state index in [1.54, 1.807) is 30.3 Å². The Kier molecular flexibility index (Phi) is 6.48. The van der Waals surface area contributed by atoms with E-state index >= 15 is 0 Å². The maximum atomic E-state index is 12.9. The van der Waals surface area contributed by atoms with Gasteiger partial charge in [0, 0.05) is 17.6 Å². The molecule has 5 nitrogen and oxygen atoms in total. The Hall–Kier alpha value is -1.12. The summed E-state index contributed by atoms with van der Waals surface area (Å²) in [5, 5.41) is 0.165. The maximum Gasteiger partial charge on any atom is 0.314 e. The monoisotopic (exact) mass is 491 g/mol. The molecule has 1 saturated heterocycles. The third-order valence-corrected chi connectivity index (χ3v) is 7.72. The van der Waals surface area contributed by atoms with Gasteiger partial charge in [0.2, 0.25) is 10.0 Å². The van der Waals surface area contributed by atoms with Crippen LogP contribution in [-0.4, -0.2) is 31.8 Å². The molecule has 0 aromatic heterocycles. The predicted molar refractivity (Wildman–Crippen MR) is 108 cm³/mol. The third-order valence-electron chi connectivity index (χ3n) is 4.34. The highest BCUT2D eigenvalue weighted by Crippen LogP contribution is 2.33. The van der Waals surface area contributed by atoms with Gasteiger partial charge in [0.1, 0.15) is 10.6 Å². The number of esters is 1. The molecule has 1 fully saturated rings. The van der Waals surface area contributed by atoms with E-state index in [9.17, 15) is 13.2 Å². The molecule has 0 amide bonds. The number of benzene rings is 2. The largest absolute Gasteiger partial charge is 0.426 e. The highest BCUT2D eigenvalue weighted by Gasteiger charge is 2.35. The molecule has 1 aliphatic heterocycles. The quantitative estimate of drug-likeness (QED) is 0.455. The van der Waals surface area contributed by atoms with Gasteiger partial charge in [0.05, 0.1) is 16.0 Å². The summed E-state index contributed by atoms with van der Waals surface area (Å²) >= 11 is 15.4. The molecule has 9 heteroatoms. The number of hydrogen-bond donors (Lipinski definition) is 0. The average molecular weight is 493 g/mol. The number of nitrogens with zero attached hydrogens (tertiary/aromatic N) is 1. The average Bonchev–Trinajstić information content (AvgIpc) is 2.63. The lowest BCUT2D eigenvalue weighted by molar-refractivity contribution is -0.140. The Morgan fingerprint density at radius 2 is 1.59 bits per heavy atom. The fourth-order valence-corrected chi connectivity index (χ4v) is 5.72. The van der Waals surface area contributed by atoms with Crippen LogP contribution in [0, 0.1) is 5.92 Å². The van der Waals surface area contributed by atoms with E-state index in [0.717, 1.165) is 4.47 Å². The minimum atomic E-state index is -3.82. The standard InChI is InChI=1S/C18H16BrCl2NO4S/c19-13-4-6-14(7-5-13)26-18(23)12-8-10-22(11-9-12)27(24,25)17-15(20)2-1-3-16(17)21/h1-7,12H,8-11H2. The minimum Gasteiger partial charge on any atom is -0.426 e. The van der Waals surface area contributed by atoms with Crippen molar-refractivity contribution in [3.63, 3.8) is 0 Å². The van der Waals surface area contributed by atoms with Crippen molar-refractivity contribution in [1.82, 2.24) is 4.31 Å². The first-order valence-electron chi connectivity index (χ1n) is 8.20. The number of rotatable bonds is 4. The lowest BCUT2D eigenvalue weighted by Crippen LogP contribution is -2.41. The van der Waals surface area contributed by atoms with Crippen LogP contribution in [0.5, 0.6) is 5.75 Å². The van der Waals surface area contributed by atoms with E-state index in [4.69, 9.17) is 27.9 Å². The van der Waals surface area contributed by atoms with Crippen molar-refractivity contribution >= 4 is 55.1 Å². The molecule has 0 bridgehead atoms. The van der Waals surface area contributed by atoms with Crippen molar-refractivity contribution in [2.45, 2.75) is 17.7 Å². The lowest BCUT2D eigenvalue weighted by Gasteiger charge is -2.30. The van der Waals surface area contributed by atoms with Crippen molar-refractivity contribution in [1.29, 1.82) is 0 Å². The van der Waals surface area contributed by atoms with E-state index in [1.807, 2.05) is 0 Å². The summed E-state index contributed by atoms with van der Waals surface area (Å²) in [5.41, 5.74) is 0. The Bertz CT molecular complexity index is 922. The predicted octanol–water partition coefficient (Wildman–Crippen LogP) is 4.76. The molecule has 1 aliphatic rings. The molecule has 1 heterocycles. The van der Waals surface area contributed by atoms with Gasteiger partial charge in [-0.1, -0.05) is 45.2 Å². The normalized spacial score (nSPS) is 16.3. The molecule has 0 N–H and O–H groups in total. The van der Waals surface area contributed by atoms with Gasteiger partial charge >= 0.3 is 5.97 Å². The molecule has 0 radical (unpaired) electrons. The first-order valence-corrected chi connectivity index (χ1v) is 11.2. The van der Waals surface area contributed by atoms with Crippen molar-refractivity contribution in [2.75, 3.05) is 13.1 Å². The topological polar surface area (TPSA) is 63.7 Å². The molecule has 144 valence electrons. The van der Waals surface area contributed by atoms with Gasteiger partial charge < -0.3 is 4.74 Å². The Balaban J connectivity index is 1.66. The van der Waals surface area contributed by atoms with E-state index in [0.29, 0.717) is 18.6 Å². The van der Waals surface area contributed by atoms with E-state index < -0.39 is 10.0 Å². The molecular formula is C18H16BrCl2NO4S. The second kappa shape index (κ2) is 8.49. The third kappa shape index (κ3) is 4.66. The zero-order valence-electron chi connectivity index (χ0n) is 14.1. The molecule has 0 atom stereocenters. The van der Waals surface area contributed by atoms with Crippen LogP contribution in [0.3, 0.4) is 0 Å². The smallest absolute Gasteiger partial charge is 0.314 e. The molecular weight excluding hydrogens is 477 g/mol. The summed E-state index contributed by atoms with van der Waals surface area (Å²) in [7, 11) is -3.82. The molecule has 0 aliphatic carbocycles. The molecule has 2 aromatic rings. The summed E-state index contributed by atoms with van der Waals surface area (Å²) in [4.78, 5) is 12.2. The number of hydrogen-bond acceptors (Lipinski definition) is 4. The fourth-order valence-electron chi connectivity index (χ4n) is 2.89. The van der Waals surface area contributed by atoms with Gasteiger partial charge in [-0.3, -0.25) is 4.79 Å². The van der Waals surface area contributed by atoms with Crippen molar-refractivity contribution < 1.29 is 17.9 Å². The summed E-state index contributed by atoms with van der Waals surface area (Å²) in [6, 6.07) is 11.5. The van der Waals surface area contributed by atoms with Gasteiger partial charge in [-0.15, -0.1) is 0 Å². The van der Waals surface area contributed by atoms with Gasteiger partial charge in [-0.2, -0.15) is 4.31 Å². The summed E-state index contributed by atoms with van der Waals surface area (Å²) < 4.78 is 33.3. The van der Waals surface area contributed by atoms with Crippen LogP contribution in [0.1, 0.15) is 12.8 Å². The van der Waals surface area contributed by atoms with Gasteiger partial charge in [-0.05, 0) is 49.2 Å². The van der Waals surface area contributed by atoms with Crippen molar-refractivity contribution in [3.8, 4) is 5.75 Å².